The molecule has 0 fully saturated rings. The van der Waals surface area contributed by atoms with Gasteiger partial charge in [-0.1, -0.05) is 35.5 Å². The second kappa shape index (κ2) is 4.93. The summed E-state index contributed by atoms with van der Waals surface area (Å²) in [7, 11) is 0. The van der Waals surface area contributed by atoms with Crippen LogP contribution in [0.5, 0.6) is 0 Å². The van der Waals surface area contributed by atoms with Crippen LogP contribution in [0.25, 0.3) is 0 Å². The van der Waals surface area contributed by atoms with Crippen LogP contribution in [0.3, 0.4) is 0 Å². The molecular weight excluding hydrogens is 206 g/mol. The standard InChI is InChI=1S/C12H9NO3/c14-12(11-7-4-8-15-11)16-13-9-10-5-2-1-3-6-10/h1-9H/b13-9+. The van der Waals surface area contributed by atoms with E-state index in [0.717, 1.165) is 5.56 Å². The summed E-state index contributed by atoms with van der Waals surface area (Å²) in [5, 5.41) is 3.56. The maximum Gasteiger partial charge on any atom is 0.400 e. The number of nitrogens with zero attached hydrogens (tertiary/aromatic N) is 1. The van der Waals surface area contributed by atoms with Crippen molar-refractivity contribution in [1.82, 2.24) is 0 Å². The van der Waals surface area contributed by atoms with E-state index < -0.39 is 5.97 Å². The zero-order valence-corrected chi connectivity index (χ0v) is 8.37. The van der Waals surface area contributed by atoms with Crippen molar-refractivity contribution in [2.24, 2.45) is 5.16 Å². The van der Waals surface area contributed by atoms with Gasteiger partial charge in [-0.3, -0.25) is 0 Å². The molecule has 0 saturated carbocycles. The van der Waals surface area contributed by atoms with Gasteiger partial charge in [0.25, 0.3) is 0 Å². The van der Waals surface area contributed by atoms with Crippen LogP contribution in [-0.2, 0) is 4.84 Å². The minimum Gasteiger partial charge on any atom is -0.457 e. The Labute approximate surface area is 92.1 Å². The second-order valence-electron chi connectivity index (χ2n) is 3.00. The summed E-state index contributed by atoms with van der Waals surface area (Å²) < 4.78 is 4.85. The van der Waals surface area contributed by atoms with E-state index in [1.807, 2.05) is 30.3 Å². The molecule has 0 amide bonds. The van der Waals surface area contributed by atoms with Crippen molar-refractivity contribution in [2.45, 2.75) is 0 Å². The molecule has 1 aromatic carbocycles. The summed E-state index contributed by atoms with van der Waals surface area (Å²) in [6, 6.07) is 12.5. The van der Waals surface area contributed by atoms with Gasteiger partial charge in [0, 0.05) is 0 Å². The summed E-state index contributed by atoms with van der Waals surface area (Å²) in [6.45, 7) is 0. The van der Waals surface area contributed by atoms with Crippen LogP contribution in [-0.4, -0.2) is 12.2 Å². The lowest BCUT2D eigenvalue weighted by atomic mass is 10.2. The Hall–Kier alpha value is -2.36. The lowest BCUT2D eigenvalue weighted by Crippen LogP contribution is -1.98. The molecule has 4 heteroatoms. The summed E-state index contributed by atoms with van der Waals surface area (Å²) in [5.41, 5.74) is 0.856. The monoisotopic (exact) mass is 215 g/mol. The van der Waals surface area contributed by atoms with Crippen LogP contribution >= 0.6 is 0 Å². The highest BCUT2D eigenvalue weighted by atomic mass is 16.7. The van der Waals surface area contributed by atoms with Gasteiger partial charge in [0.15, 0.2) is 0 Å². The lowest BCUT2D eigenvalue weighted by Gasteiger charge is -1.93. The normalized spacial score (nSPS) is 10.5. The Morgan fingerprint density at radius 2 is 2.00 bits per heavy atom. The fraction of sp³-hybridized carbons (Fsp3) is 0. The van der Waals surface area contributed by atoms with E-state index in [1.54, 1.807) is 6.07 Å². The predicted molar refractivity (Wildman–Crippen MR) is 58.2 cm³/mol. The SMILES string of the molecule is O=C(O/N=C/c1ccccc1)c1ccco1. The third kappa shape index (κ3) is 2.57. The van der Waals surface area contributed by atoms with Crippen molar-refractivity contribution in [2.75, 3.05) is 0 Å². The van der Waals surface area contributed by atoms with Crippen LogP contribution in [0.15, 0.2) is 58.3 Å². The molecule has 80 valence electrons. The molecule has 0 saturated heterocycles. The van der Waals surface area contributed by atoms with Crippen molar-refractivity contribution in [3.63, 3.8) is 0 Å². The molecule has 0 aliphatic rings. The molecule has 0 bridgehead atoms. The number of hydrogen-bond donors (Lipinski definition) is 0. The van der Waals surface area contributed by atoms with Gasteiger partial charge in [0.2, 0.25) is 5.76 Å². The number of benzene rings is 1. The molecular formula is C12H9NO3. The van der Waals surface area contributed by atoms with Crippen LogP contribution in [0.1, 0.15) is 16.1 Å². The van der Waals surface area contributed by atoms with Gasteiger partial charge in [-0.05, 0) is 17.7 Å². The van der Waals surface area contributed by atoms with E-state index in [-0.39, 0.29) is 5.76 Å². The Balaban J connectivity index is 1.93. The van der Waals surface area contributed by atoms with Gasteiger partial charge in [-0.2, -0.15) is 0 Å². The summed E-state index contributed by atoms with van der Waals surface area (Å²) in [6.07, 6.45) is 2.86. The molecule has 0 radical (unpaired) electrons. The van der Waals surface area contributed by atoms with Crippen LogP contribution in [0.2, 0.25) is 0 Å². The fourth-order valence-corrected chi connectivity index (χ4v) is 1.11. The largest absolute Gasteiger partial charge is 0.457 e. The van der Waals surface area contributed by atoms with E-state index in [2.05, 4.69) is 9.99 Å². The molecule has 0 N–H and O–H groups in total. The highest BCUT2D eigenvalue weighted by Crippen LogP contribution is 2.02. The summed E-state index contributed by atoms with van der Waals surface area (Å²) >= 11 is 0. The lowest BCUT2D eigenvalue weighted by molar-refractivity contribution is 0.0483. The number of oxime groups is 1. The first kappa shape index (κ1) is 10.2. The van der Waals surface area contributed by atoms with Gasteiger partial charge < -0.3 is 9.25 Å². The van der Waals surface area contributed by atoms with Gasteiger partial charge in [-0.25, -0.2) is 4.79 Å². The molecule has 0 atom stereocenters. The third-order valence-electron chi connectivity index (χ3n) is 1.86. The first-order valence-electron chi connectivity index (χ1n) is 4.69. The number of carbonyl (C=O) groups excluding carboxylic acids is 1. The Kier molecular flexibility index (Phi) is 3.13. The fourth-order valence-electron chi connectivity index (χ4n) is 1.11. The zero-order valence-electron chi connectivity index (χ0n) is 8.37. The number of carbonyl (C=O) groups is 1. The smallest absolute Gasteiger partial charge is 0.400 e. The van der Waals surface area contributed by atoms with E-state index in [4.69, 9.17) is 4.42 Å². The van der Waals surface area contributed by atoms with Crippen molar-refractivity contribution >= 4 is 12.2 Å². The first-order valence-corrected chi connectivity index (χ1v) is 4.69. The van der Waals surface area contributed by atoms with Gasteiger partial charge >= 0.3 is 5.97 Å². The average Bonchev–Trinajstić information content (AvgIpc) is 2.84. The highest BCUT2D eigenvalue weighted by molar-refractivity contribution is 5.87. The minimum absolute atomic E-state index is 0.130. The molecule has 0 spiro atoms. The maximum atomic E-state index is 11.3. The van der Waals surface area contributed by atoms with E-state index >= 15 is 0 Å². The average molecular weight is 215 g/mol. The van der Waals surface area contributed by atoms with Crippen molar-refractivity contribution in [3.05, 3.63) is 60.1 Å². The van der Waals surface area contributed by atoms with E-state index in [1.165, 1.54) is 18.5 Å². The molecule has 2 aromatic rings. The Morgan fingerprint density at radius 1 is 1.19 bits per heavy atom. The van der Waals surface area contributed by atoms with E-state index in [0.29, 0.717) is 0 Å². The number of hydrogen-bond acceptors (Lipinski definition) is 4. The number of furan rings is 1. The second-order valence-corrected chi connectivity index (χ2v) is 3.00. The highest BCUT2D eigenvalue weighted by Gasteiger charge is 2.08. The zero-order chi connectivity index (χ0) is 11.2. The molecule has 1 aromatic heterocycles. The molecule has 2 rings (SSSR count). The van der Waals surface area contributed by atoms with Crippen molar-refractivity contribution in [3.8, 4) is 0 Å². The predicted octanol–water partition coefficient (Wildman–Crippen LogP) is 2.47. The third-order valence-corrected chi connectivity index (χ3v) is 1.86. The van der Waals surface area contributed by atoms with Crippen LogP contribution < -0.4 is 0 Å². The topological polar surface area (TPSA) is 51.8 Å². The van der Waals surface area contributed by atoms with Crippen LogP contribution in [0.4, 0.5) is 0 Å². The Morgan fingerprint density at radius 3 is 2.69 bits per heavy atom. The molecule has 0 aliphatic carbocycles. The minimum atomic E-state index is -0.614. The molecule has 16 heavy (non-hydrogen) atoms. The molecule has 4 nitrogen and oxygen atoms in total. The summed E-state index contributed by atoms with van der Waals surface area (Å²) in [4.78, 5) is 15.9. The quantitative estimate of drug-likeness (QED) is 0.449. The molecule has 0 aliphatic heterocycles. The molecule has 0 unspecified atom stereocenters. The first-order chi connectivity index (χ1) is 7.86. The van der Waals surface area contributed by atoms with Gasteiger partial charge in [-0.15, -0.1) is 0 Å². The molecule has 1 heterocycles. The van der Waals surface area contributed by atoms with E-state index in [9.17, 15) is 4.79 Å². The number of rotatable bonds is 3. The van der Waals surface area contributed by atoms with Crippen molar-refractivity contribution in [1.29, 1.82) is 0 Å². The Bertz CT molecular complexity index is 474. The summed E-state index contributed by atoms with van der Waals surface area (Å²) in [5.74, 6) is -0.484. The maximum absolute atomic E-state index is 11.3. The van der Waals surface area contributed by atoms with Gasteiger partial charge in [0.05, 0.1) is 12.5 Å². The van der Waals surface area contributed by atoms with Gasteiger partial charge in [0.1, 0.15) is 0 Å². The van der Waals surface area contributed by atoms with Crippen LogP contribution in [0, 0.1) is 0 Å². The van der Waals surface area contributed by atoms with Crippen molar-refractivity contribution < 1.29 is 14.0 Å².